The minimum Gasteiger partial charge on any atom is -0.115 e. The second-order valence-corrected chi connectivity index (χ2v) is 5.81. The zero-order valence-electron chi connectivity index (χ0n) is 13.0. The van der Waals surface area contributed by atoms with Gasteiger partial charge in [-0.25, -0.2) is 0 Å². The van der Waals surface area contributed by atoms with Crippen LogP contribution in [-0.2, 0) is 0 Å². The zero-order chi connectivity index (χ0) is 14.7. The van der Waals surface area contributed by atoms with Gasteiger partial charge < -0.3 is 0 Å². The molecule has 0 amide bonds. The van der Waals surface area contributed by atoms with Crippen LogP contribution in [0.5, 0.6) is 0 Å². The van der Waals surface area contributed by atoms with Crippen LogP contribution in [0.3, 0.4) is 0 Å². The van der Waals surface area contributed by atoms with E-state index in [9.17, 15) is 0 Å². The first-order valence-electron chi connectivity index (χ1n) is 7.29. The molecule has 106 valence electrons. The normalized spacial score (nSPS) is 12.6. The van der Waals surface area contributed by atoms with Gasteiger partial charge in [0.05, 0.1) is 0 Å². The Bertz CT molecular complexity index is 360. The molecule has 0 N–H and O–H groups in total. The van der Waals surface area contributed by atoms with Gasteiger partial charge in [-0.15, -0.1) is 6.42 Å². The molecule has 1 heteroatoms. The van der Waals surface area contributed by atoms with Gasteiger partial charge in [0.15, 0.2) is 0 Å². The topological polar surface area (TPSA) is 0 Å². The van der Waals surface area contributed by atoms with Gasteiger partial charge in [-0.05, 0) is 37.5 Å². The Balaban J connectivity index is 4.64. The SMILES string of the molecule is C#C/C(=C\CC)C(=C)S/C=C(\C)C(CCC)CCC. The lowest BCUT2D eigenvalue weighted by atomic mass is 9.92. The van der Waals surface area contributed by atoms with E-state index in [4.69, 9.17) is 6.42 Å². The minimum absolute atomic E-state index is 0.708. The first-order chi connectivity index (χ1) is 9.10. The first kappa shape index (κ1) is 18.1. The third-order valence-electron chi connectivity index (χ3n) is 3.17. The number of hydrogen-bond donors (Lipinski definition) is 0. The van der Waals surface area contributed by atoms with Crippen LogP contribution in [0, 0.1) is 18.3 Å². The van der Waals surface area contributed by atoms with Crippen LogP contribution in [0.2, 0.25) is 0 Å². The summed E-state index contributed by atoms with van der Waals surface area (Å²) in [5, 5.41) is 2.24. The van der Waals surface area contributed by atoms with E-state index < -0.39 is 0 Å². The highest BCUT2D eigenvalue weighted by Crippen LogP contribution is 2.29. The van der Waals surface area contributed by atoms with Crippen molar-refractivity contribution in [3.8, 4) is 12.3 Å². The average Bonchev–Trinajstić information content (AvgIpc) is 2.41. The summed E-state index contributed by atoms with van der Waals surface area (Å²) in [6.07, 6.45) is 13.6. The molecule has 0 saturated carbocycles. The highest BCUT2D eigenvalue weighted by Gasteiger charge is 2.09. The molecule has 0 aromatic heterocycles. The van der Waals surface area contributed by atoms with Crippen LogP contribution in [0.25, 0.3) is 0 Å². The molecule has 0 unspecified atom stereocenters. The van der Waals surface area contributed by atoms with Gasteiger partial charge in [0, 0.05) is 10.5 Å². The fourth-order valence-electron chi connectivity index (χ4n) is 2.08. The maximum absolute atomic E-state index is 5.51. The Labute approximate surface area is 124 Å². The lowest BCUT2D eigenvalue weighted by Gasteiger charge is -2.16. The molecule has 0 aromatic carbocycles. The van der Waals surface area contributed by atoms with Crippen LogP contribution in [-0.4, -0.2) is 0 Å². The summed E-state index contributed by atoms with van der Waals surface area (Å²) in [6.45, 7) is 12.9. The van der Waals surface area contributed by atoms with E-state index in [2.05, 4.69) is 51.7 Å². The Morgan fingerprint density at radius 1 is 1.26 bits per heavy atom. The van der Waals surface area contributed by atoms with Crippen molar-refractivity contribution >= 4 is 11.8 Å². The second-order valence-electron chi connectivity index (χ2n) is 4.85. The largest absolute Gasteiger partial charge is 0.115 e. The molecule has 19 heavy (non-hydrogen) atoms. The number of rotatable bonds is 9. The fourth-order valence-corrected chi connectivity index (χ4v) is 2.87. The van der Waals surface area contributed by atoms with Crippen molar-refractivity contribution in [1.29, 1.82) is 0 Å². The molecule has 0 bridgehead atoms. The second kappa shape index (κ2) is 11.0. The summed E-state index contributed by atoms with van der Waals surface area (Å²) in [5.41, 5.74) is 2.39. The first-order valence-corrected chi connectivity index (χ1v) is 8.17. The lowest BCUT2D eigenvalue weighted by molar-refractivity contribution is 0.505. The third-order valence-corrected chi connectivity index (χ3v) is 4.16. The number of terminal acetylenes is 1. The van der Waals surface area contributed by atoms with E-state index in [0.717, 1.165) is 16.9 Å². The Morgan fingerprint density at radius 2 is 1.84 bits per heavy atom. The molecule has 0 atom stereocenters. The molecule has 0 radical (unpaired) electrons. The van der Waals surface area contributed by atoms with Crippen molar-refractivity contribution in [2.24, 2.45) is 5.92 Å². The molecule has 0 spiro atoms. The van der Waals surface area contributed by atoms with E-state index in [0.29, 0.717) is 5.92 Å². The van der Waals surface area contributed by atoms with Crippen molar-refractivity contribution < 1.29 is 0 Å². The van der Waals surface area contributed by atoms with Gasteiger partial charge in [0.25, 0.3) is 0 Å². The van der Waals surface area contributed by atoms with Gasteiger partial charge >= 0.3 is 0 Å². The summed E-state index contributed by atoms with van der Waals surface area (Å²) < 4.78 is 0. The standard InChI is InChI=1S/C18H28S/c1-7-11-17(10-4)16(6)19-14-15(5)18(12-8-2)13-9-3/h4,11,14,18H,6-9,12-13H2,1-3,5H3/b15-14+,17-11+. The van der Waals surface area contributed by atoms with Gasteiger partial charge in [0.2, 0.25) is 0 Å². The number of hydrogen-bond acceptors (Lipinski definition) is 1. The van der Waals surface area contributed by atoms with Crippen LogP contribution < -0.4 is 0 Å². The van der Waals surface area contributed by atoms with E-state index in [1.54, 1.807) is 11.8 Å². The maximum atomic E-state index is 5.51. The van der Waals surface area contributed by atoms with Crippen molar-refractivity contribution in [2.45, 2.75) is 59.8 Å². The van der Waals surface area contributed by atoms with Gasteiger partial charge in [0.1, 0.15) is 0 Å². The molecule has 0 heterocycles. The molecule has 0 rings (SSSR count). The Kier molecular flexibility index (Phi) is 10.5. The van der Waals surface area contributed by atoms with Gasteiger partial charge in [-0.1, -0.05) is 69.5 Å². The maximum Gasteiger partial charge on any atom is 0.0335 e. The fraction of sp³-hybridized carbons (Fsp3) is 0.556. The molecule has 0 aromatic rings. The predicted octanol–water partition coefficient (Wildman–Crippen LogP) is 6.32. The highest BCUT2D eigenvalue weighted by atomic mass is 32.2. The smallest absolute Gasteiger partial charge is 0.0335 e. The van der Waals surface area contributed by atoms with Crippen LogP contribution >= 0.6 is 11.8 Å². The molecule has 0 aliphatic rings. The Hall–Kier alpha value is -0.870. The van der Waals surface area contributed by atoms with Crippen LogP contribution in [0.1, 0.15) is 59.8 Å². The van der Waals surface area contributed by atoms with Crippen molar-refractivity contribution in [3.63, 3.8) is 0 Å². The predicted molar refractivity (Wildman–Crippen MR) is 91.0 cm³/mol. The van der Waals surface area contributed by atoms with Crippen LogP contribution in [0.15, 0.2) is 34.1 Å². The van der Waals surface area contributed by atoms with Crippen molar-refractivity contribution in [3.05, 3.63) is 34.1 Å². The minimum atomic E-state index is 0.708. The van der Waals surface area contributed by atoms with Crippen LogP contribution in [0.4, 0.5) is 0 Å². The molecule has 0 fully saturated rings. The summed E-state index contributed by atoms with van der Waals surface area (Å²) in [7, 11) is 0. The quantitative estimate of drug-likeness (QED) is 0.350. The monoisotopic (exact) mass is 276 g/mol. The highest BCUT2D eigenvalue weighted by molar-refractivity contribution is 8.06. The summed E-state index contributed by atoms with van der Waals surface area (Å²) in [6, 6.07) is 0. The molecular formula is C18H28S. The number of thioether (sulfide) groups is 1. The molecule has 0 saturated heterocycles. The zero-order valence-corrected chi connectivity index (χ0v) is 13.8. The van der Waals surface area contributed by atoms with Crippen molar-refractivity contribution in [2.75, 3.05) is 0 Å². The van der Waals surface area contributed by atoms with E-state index >= 15 is 0 Å². The Morgan fingerprint density at radius 3 is 2.26 bits per heavy atom. The molecule has 0 aliphatic carbocycles. The molecule has 0 aliphatic heterocycles. The number of allylic oxidation sites excluding steroid dienone is 3. The van der Waals surface area contributed by atoms with E-state index in [1.165, 1.54) is 31.3 Å². The lowest BCUT2D eigenvalue weighted by Crippen LogP contribution is -2.01. The molecule has 0 nitrogen and oxygen atoms in total. The summed E-state index contributed by atoms with van der Waals surface area (Å²) >= 11 is 1.67. The van der Waals surface area contributed by atoms with Crippen molar-refractivity contribution in [1.82, 2.24) is 0 Å². The van der Waals surface area contributed by atoms with E-state index in [1.807, 2.05) is 0 Å². The van der Waals surface area contributed by atoms with Gasteiger partial charge in [-0.3, -0.25) is 0 Å². The summed E-state index contributed by atoms with van der Waals surface area (Å²) in [5.74, 6) is 3.43. The average molecular weight is 276 g/mol. The molecular weight excluding hydrogens is 248 g/mol. The van der Waals surface area contributed by atoms with Gasteiger partial charge in [-0.2, -0.15) is 0 Å². The third kappa shape index (κ3) is 7.33. The summed E-state index contributed by atoms with van der Waals surface area (Å²) in [4.78, 5) is 0.982. The van der Waals surface area contributed by atoms with E-state index in [-0.39, 0.29) is 0 Å².